The number of aromatic nitrogens is 1. The first-order valence-electron chi connectivity index (χ1n) is 9.94. The predicted molar refractivity (Wildman–Crippen MR) is 120 cm³/mol. The Morgan fingerprint density at radius 2 is 1.85 bits per heavy atom. The molecule has 0 radical (unpaired) electrons. The molecule has 1 aliphatic heterocycles. The number of rotatable bonds is 4. The van der Waals surface area contributed by atoms with E-state index in [9.17, 15) is 18.8 Å². The number of hydrogen-bond acceptors (Lipinski definition) is 7. The summed E-state index contributed by atoms with van der Waals surface area (Å²) in [5.74, 6) is -1.20. The summed E-state index contributed by atoms with van der Waals surface area (Å²) >= 11 is 1.11. The van der Waals surface area contributed by atoms with Gasteiger partial charge in [0.1, 0.15) is 11.6 Å². The molecule has 1 aromatic heterocycles. The fourth-order valence-electron chi connectivity index (χ4n) is 3.63. The van der Waals surface area contributed by atoms with E-state index in [1.807, 2.05) is 0 Å². The number of carbonyl (C=O) groups is 2. The van der Waals surface area contributed by atoms with Gasteiger partial charge in [0.05, 0.1) is 29.0 Å². The second-order valence-corrected chi connectivity index (χ2v) is 8.27. The SMILES string of the molecule is COC(=O)C1=C(C)N=c2s/c(=C/c3ccccc3F)c(=O)n2C1c1ccc(OC(C)=O)cc1. The van der Waals surface area contributed by atoms with Crippen LogP contribution in [0, 0.1) is 5.82 Å². The molecule has 2 heterocycles. The molecule has 0 saturated heterocycles. The number of ether oxygens (including phenoxy) is 2. The van der Waals surface area contributed by atoms with Crippen LogP contribution in [0.5, 0.6) is 5.75 Å². The zero-order valence-electron chi connectivity index (χ0n) is 18.0. The Balaban J connectivity index is 1.93. The average molecular weight is 466 g/mol. The quantitative estimate of drug-likeness (QED) is 0.436. The Hall–Kier alpha value is -3.85. The maximum Gasteiger partial charge on any atom is 0.338 e. The Kier molecular flexibility index (Phi) is 6.06. The van der Waals surface area contributed by atoms with Crippen LogP contribution in [0.3, 0.4) is 0 Å². The van der Waals surface area contributed by atoms with Gasteiger partial charge < -0.3 is 9.47 Å². The van der Waals surface area contributed by atoms with Gasteiger partial charge in [-0.3, -0.25) is 14.2 Å². The predicted octanol–water partition coefficient (Wildman–Crippen LogP) is 2.47. The number of thiazole rings is 1. The van der Waals surface area contributed by atoms with Crippen LogP contribution in [0.2, 0.25) is 0 Å². The third-order valence-corrected chi connectivity index (χ3v) is 6.06. The normalized spacial score (nSPS) is 15.6. The van der Waals surface area contributed by atoms with Crippen LogP contribution in [0.15, 0.2) is 69.6 Å². The number of halogens is 1. The Morgan fingerprint density at radius 1 is 1.15 bits per heavy atom. The van der Waals surface area contributed by atoms with Gasteiger partial charge in [0, 0.05) is 12.5 Å². The maximum absolute atomic E-state index is 14.2. The van der Waals surface area contributed by atoms with E-state index in [2.05, 4.69) is 4.99 Å². The number of esters is 2. The van der Waals surface area contributed by atoms with E-state index in [1.165, 1.54) is 30.7 Å². The first-order valence-corrected chi connectivity index (χ1v) is 10.8. The molecule has 1 atom stereocenters. The highest BCUT2D eigenvalue weighted by Crippen LogP contribution is 2.31. The second-order valence-electron chi connectivity index (χ2n) is 7.26. The van der Waals surface area contributed by atoms with Crippen LogP contribution < -0.4 is 19.6 Å². The highest BCUT2D eigenvalue weighted by atomic mass is 32.1. The first-order chi connectivity index (χ1) is 15.8. The zero-order valence-corrected chi connectivity index (χ0v) is 18.8. The average Bonchev–Trinajstić information content (AvgIpc) is 3.08. The maximum atomic E-state index is 14.2. The highest BCUT2D eigenvalue weighted by Gasteiger charge is 2.33. The minimum atomic E-state index is -0.817. The van der Waals surface area contributed by atoms with Crippen molar-refractivity contribution in [3.05, 3.63) is 96.4 Å². The lowest BCUT2D eigenvalue weighted by molar-refractivity contribution is -0.136. The monoisotopic (exact) mass is 466 g/mol. The van der Waals surface area contributed by atoms with Gasteiger partial charge in [-0.05, 0) is 36.8 Å². The molecule has 168 valence electrons. The summed E-state index contributed by atoms with van der Waals surface area (Å²) in [6, 6.07) is 11.8. The summed E-state index contributed by atoms with van der Waals surface area (Å²) in [5, 5.41) is 0. The van der Waals surface area contributed by atoms with E-state index in [0.717, 1.165) is 11.3 Å². The molecule has 33 heavy (non-hydrogen) atoms. The molecule has 3 aromatic rings. The third-order valence-electron chi connectivity index (χ3n) is 5.08. The smallest absolute Gasteiger partial charge is 0.338 e. The number of allylic oxidation sites excluding steroid dienone is 1. The molecule has 1 unspecified atom stereocenters. The van der Waals surface area contributed by atoms with Crippen molar-refractivity contribution in [2.75, 3.05) is 7.11 Å². The summed E-state index contributed by atoms with van der Waals surface area (Å²) in [6.45, 7) is 2.96. The molecular formula is C24H19FN2O5S. The molecule has 0 fully saturated rings. The van der Waals surface area contributed by atoms with E-state index >= 15 is 0 Å². The van der Waals surface area contributed by atoms with Crippen molar-refractivity contribution in [2.24, 2.45) is 4.99 Å². The van der Waals surface area contributed by atoms with Crippen LogP contribution in [0.4, 0.5) is 4.39 Å². The van der Waals surface area contributed by atoms with Crippen molar-refractivity contribution < 1.29 is 23.5 Å². The number of methoxy groups -OCH3 is 1. The van der Waals surface area contributed by atoms with Gasteiger partial charge in [-0.25, -0.2) is 14.2 Å². The summed E-state index contributed by atoms with van der Waals surface area (Å²) in [5.41, 5.74) is 1.08. The van der Waals surface area contributed by atoms with Crippen LogP contribution in [-0.2, 0) is 14.3 Å². The number of hydrogen-bond donors (Lipinski definition) is 0. The summed E-state index contributed by atoms with van der Waals surface area (Å²) in [4.78, 5) is 42.1. The summed E-state index contributed by atoms with van der Waals surface area (Å²) in [7, 11) is 1.26. The molecule has 0 amide bonds. The fourth-order valence-corrected chi connectivity index (χ4v) is 4.66. The molecule has 7 nitrogen and oxygen atoms in total. The van der Waals surface area contributed by atoms with Crippen molar-refractivity contribution in [1.29, 1.82) is 0 Å². The van der Waals surface area contributed by atoms with Crippen molar-refractivity contribution in [3.8, 4) is 5.75 Å². The van der Waals surface area contributed by atoms with E-state index in [0.29, 0.717) is 21.8 Å². The Morgan fingerprint density at radius 3 is 2.48 bits per heavy atom. The van der Waals surface area contributed by atoms with Gasteiger partial charge >= 0.3 is 11.9 Å². The van der Waals surface area contributed by atoms with Crippen molar-refractivity contribution in [1.82, 2.24) is 4.57 Å². The molecular weight excluding hydrogens is 447 g/mol. The van der Waals surface area contributed by atoms with Gasteiger partial charge in [-0.15, -0.1) is 0 Å². The molecule has 0 bridgehead atoms. The fraction of sp³-hybridized carbons (Fsp3) is 0.167. The number of benzene rings is 2. The minimum absolute atomic E-state index is 0.211. The molecule has 0 spiro atoms. The van der Waals surface area contributed by atoms with Crippen LogP contribution in [-0.4, -0.2) is 23.6 Å². The number of fused-ring (bicyclic) bond motifs is 1. The summed E-state index contributed by atoms with van der Waals surface area (Å²) in [6.07, 6.45) is 1.47. The molecule has 4 rings (SSSR count). The highest BCUT2D eigenvalue weighted by molar-refractivity contribution is 7.07. The number of carbonyl (C=O) groups excluding carboxylic acids is 2. The van der Waals surface area contributed by atoms with Crippen LogP contribution >= 0.6 is 11.3 Å². The lowest BCUT2D eigenvalue weighted by Gasteiger charge is -2.24. The Labute approximate surface area is 191 Å². The van der Waals surface area contributed by atoms with Gasteiger partial charge in [0.25, 0.3) is 5.56 Å². The third kappa shape index (κ3) is 4.27. The number of nitrogens with zero attached hydrogens (tertiary/aromatic N) is 2. The summed E-state index contributed by atoms with van der Waals surface area (Å²) < 4.78 is 25.9. The molecule has 0 aliphatic carbocycles. The topological polar surface area (TPSA) is 87.0 Å². The molecule has 1 aliphatic rings. The van der Waals surface area contributed by atoms with Crippen LogP contribution in [0.1, 0.15) is 31.0 Å². The van der Waals surface area contributed by atoms with E-state index in [1.54, 1.807) is 49.4 Å². The standard InChI is InChI=1S/C24H19FN2O5S/c1-13-20(23(30)31-3)21(15-8-10-17(11-9-15)32-14(2)28)27-22(29)19(33-24(27)26-13)12-16-6-4-5-7-18(16)25/h4-12,21H,1-3H3/b19-12+. The largest absolute Gasteiger partial charge is 0.466 e. The van der Waals surface area contributed by atoms with Crippen LogP contribution in [0.25, 0.3) is 6.08 Å². The molecule has 0 saturated carbocycles. The van der Waals surface area contributed by atoms with Crippen molar-refractivity contribution in [2.45, 2.75) is 19.9 Å². The second kappa shape index (κ2) is 8.95. The van der Waals surface area contributed by atoms with Gasteiger partial charge in [-0.1, -0.05) is 41.7 Å². The van der Waals surface area contributed by atoms with E-state index < -0.39 is 29.4 Å². The van der Waals surface area contributed by atoms with Gasteiger partial charge in [0.15, 0.2) is 4.80 Å². The van der Waals surface area contributed by atoms with Crippen molar-refractivity contribution >= 4 is 29.4 Å². The zero-order chi connectivity index (χ0) is 23.7. The molecule has 2 aromatic carbocycles. The Bertz CT molecular complexity index is 1470. The van der Waals surface area contributed by atoms with Gasteiger partial charge in [-0.2, -0.15) is 0 Å². The molecule has 0 N–H and O–H groups in total. The lowest BCUT2D eigenvalue weighted by atomic mass is 9.96. The first kappa shape index (κ1) is 22.3. The minimum Gasteiger partial charge on any atom is -0.466 e. The van der Waals surface area contributed by atoms with E-state index in [4.69, 9.17) is 9.47 Å². The van der Waals surface area contributed by atoms with Crippen molar-refractivity contribution in [3.63, 3.8) is 0 Å². The van der Waals surface area contributed by atoms with E-state index in [-0.39, 0.29) is 15.7 Å². The lowest BCUT2D eigenvalue weighted by Crippen LogP contribution is -2.39. The van der Waals surface area contributed by atoms with Gasteiger partial charge in [0.2, 0.25) is 0 Å². The molecule has 9 heteroatoms.